The van der Waals surface area contributed by atoms with E-state index in [0.29, 0.717) is 13.2 Å². The van der Waals surface area contributed by atoms with Crippen molar-refractivity contribution in [2.24, 2.45) is 5.41 Å². The molecule has 1 aromatic heterocycles. The third-order valence-electron chi connectivity index (χ3n) is 4.15. The average molecular weight is 236 g/mol. The second-order valence-electron chi connectivity index (χ2n) is 5.06. The molecule has 1 aromatic rings. The summed E-state index contributed by atoms with van der Waals surface area (Å²) >= 11 is 0. The van der Waals surface area contributed by atoms with E-state index in [4.69, 9.17) is 13.9 Å². The Labute approximate surface area is 99.9 Å². The number of carbonyl (C=O) groups excluding carboxylic acids is 1. The van der Waals surface area contributed by atoms with E-state index in [9.17, 15) is 4.79 Å². The van der Waals surface area contributed by atoms with Gasteiger partial charge in [0.2, 0.25) is 0 Å². The molecular formula is C13H16O4. The van der Waals surface area contributed by atoms with Crippen LogP contribution in [0.15, 0.2) is 16.5 Å². The van der Waals surface area contributed by atoms with Crippen LogP contribution in [0.4, 0.5) is 0 Å². The molecule has 4 heteroatoms. The van der Waals surface area contributed by atoms with Gasteiger partial charge in [0, 0.05) is 0 Å². The molecule has 0 aromatic carbocycles. The summed E-state index contributed by atoms with van der Waals surface area (Å²) < 4.78 is 16.0. The van der Waals surface area contributed by atoms with E-state index in [1.807, 2.05) is 19.1 Å². The molecule has 0 bridgehead atoms. The van der Waals surface area contributed by atoms with Crippen LogP contribution in [0, 0.1) is 12.3 Å². The van der Waals surface area contributed by atoms with Crippen LogP contribution in [0.3, 0.4) is 0 Å². The molecule has 1 saturated carbocycles. The fourth-order valence-corrected chi connectivity index (χ4v) is 2.85. The lowest BCUT2D eigenvalue weighted by molar-refractivity contribution is -0.167. The molecule has 1 aliphatic carbocycles. The number of esters is 1. The van der Waals surface area contributed by atoms with Gasteiger partial charge in [0.05, 0.1) is 31.2 Å². The number of hydrogen-bond donors (Lipinski definition) is 0. The van der Waals surface area contributed by atoms with Gasteiger partial charge in [0.25, 0.3) is 0 Å². The molecule has 0 atom stereocenters. The number of furan rings is 1. The molecule has 4 nitrogen and oxygen atoms in total. The molecule has 3 rings (SSSR count). The van der Waals surface area contributed by atoms with Crippen molar-refractivity contribution in [2.75, 3.05) is 20.3 Å². The Morgan fingerprint density at radius 3 is 2.41 bits per heavy atom. The topological polar surface area (TPSA) is 48.7 Å². The predicted octanol–water partition coefficient (Wildman–Crippen LogP) is 1.81. The fraction of sp³-hybridized carbons (Fsp3) is 0.615. The zero-order chi connectivity index (χ0) is 12.1. The molecule has 0 radical (unpaired) electrons. The Morgan fingerprint density at radius 2 is 2.06 bits per heavy atom. The molecule has 0 N–H and O–H groups in total. The third kappa shape index (κ3) is 1.24. The molecule has 2 fully saturated rings. The van der Waals surface area contributed by atoms with Crippen molar-refractivity contribution in [1.29, 1.82) is 0 Å². The SMILES string of the molecule is COC(=O)C1(C2(c3ccc(C)o3)COC2)CC1. The highest BCUT2D eigenvalue weighted by Crippen LogP contribution is 2.63. The Kier molecular flexibility index (Phi) is 2.14. The molecule has 0 unspecified atom stereocenters. The van der Waals surface area contributed by atoms with Crippen LogP contribution in [0.2, 0.25) is 0 Å². The first kappa shape index (κ1) is 10.8. The van der Waals surface area contributed by atoms with Gasteiger partial charge >= 0.3 is 5.97 Å². The quantitative estimate of drug-likeness (QED) is 0.751. The van der Waals surface area contributed by atoms with Crippen LogP contribution in [0.5, 0.6) is 0 Å². The van der Waals surface area contributed by atoms with E-state index < -0.39 is 5.41 Å². The summed E-state index contributed by atoms with van der Waals surface area (Å²) in [5, 5.41) is 0. The molecule has 0 spiro atoms. The number of aryl methyl sites for hydroxylation is 1. The Bertz CT molecular complexity index is 452. The maximum atomic E-state index is 12.0. The highest BCUT2D eigenvalue weighted by Gasteiger charge is 2.70. The van der Waals surface area contributed by atoms with Gasteiger partial charge in [-0.15, -0.1) is 0 Å². The van der Waals surface area contributed by atoms with Crippen molar-refractivity contribution in [1.82, 2.24) is 0 Å². The van der Waals surface area contributed by atoms with Gasteiger partial charge in [-0.25, -0.2) is 0 Å². The van der Waals surface area contributed by atoms with Crippen LogP contribution < -0.4 is 0 Å². The predicted molar refractivity (Wildman–Crippen MR) is 59.6 cm³/mol. The van der Waals surface area contributed by atoms with Gasteiger partial charge in [-0.05, 0) is 31.9 Å². The van der Waals surface area contributed by atoms with Gasteiger partial charge in [0.15, 0.2) is 0 Å². The maximum absolute atomic E-state index is 12.0. The van der Waals surface area contributed by atoms with Crippen LogP contribution in [-0.2, 0) is 19.7 Å². The van der Waals surface area contributed by atoms with E-state index >= 15 is 0 Å². The second kappa shape index (κ2) is 3.35. The van der Waals surface area contributed by atoms with Crippen LogP contribution in [-0.4, -0.2) is 26.3 Å². The molecule has 0 amide bonds. The lowest BCUT2D eigenvalue weighted by Crippen LogP contribution is -2.56. The third-order valence-corrected chi connectivity index (χ3v) is 4.15. The smallest absolute Gasteiger partial charge is 0.313 e. The minimum absolute atomic E-state index is 0.130. The standard InChI is InChI=1S/C13H16O4/c1-9-3-4-10(17-9)13(7-16-8-13)12(5-6-12)11(14)15-2/h3-4H,5-8H2,1-2H3. The second-order valence-corrected chi connectivity index (χ2v) is 5.06. The van der Waals surface area contributed by atoms with Crippen molar-refractivity contribution in [3.8, 4) is 0 Å². The van der Waals surface area contributed by atoms with E-state index in [0.717, 1.165) is 24.4 Å². The van der Waals surface area contributed by atoms with Gasteiger partial charge in [-0.1, -0.05) is 0 Å². The van der Waals surface area contributed by atoms with Crippen molar-refractivity contribution >= 4 is 5.97 Å². The summed E-state index contributed by atoms with van der Waals surface area (Å²) in [5.74, 6) is 1.60. The molecule has 2 heterocycles. The number of hydrogen-bond acceptors (Lipinski definition) is 4. The Hall–Kier alpha value is -1.29. The lowest BCUT2D eigenvalue weighted by Gasteiger charge is -2.44. The molecule has 2 aliphatic rings. The summed E-state index contributed by atoms with van der Waals surface area (Å²) in [6.07, 6.45) is 1.73. The fourth-order valence-electron chi connectivity index (χ4n) is 2.85. The number of methoxy groups -OCH3 is 1. The van der Waals surface area contributed by atoms with Crippen molar-refractivity contribution < 1.29 is 18.7 Å². The number of rotatable bonds is 3. The monoisotopic (exact) mass is 236 g/mol. The van der Waals surface area contributed by atoms with Crippen molar-refractivity contribution in [3.05, 3.63) is 23.7 Å². The van der Waals surface area contributed by atoms with E-state index in [-0.39, 0.29) is 11.4 Å². The van der Waals surface area contributed by atoms with Crippen molar-refractivity contribution in [2.45, 2.75) is 25.2 Å². The van der Waals surface area contributed by atoms with Gasteiger partial charge in [-0.3, -0.25) is 4.79 Å². The van der Waals surface area contributed by atoms with Gasteiger partial charge in [-0.2, -0.15) is 0 Å². The molecule has 17 heavy (non-hydrogen) atoms. The number of carbonyl (C=O) groups is 1. The maximum Gasteiger partial charge on any atom is 0.313 e. The highest BCUT2D eigenvalue weighted by molar-refractivity contribution is 5.82. The average Bonchev–Trinajstić information content (AvgIpc) is 2.95. The molecular weight excluding hydrogens is 220 g/mol. The van der Waals surface area contributed by atoms with Crippen molar-refractivity contribution in [3.63, 3.8) is 0 Å². The zero-order valence-corrected chi connectivity index (χ0v) is 10.1. The minimum atomic E-state index is -0.412. The molecule has 92 valence electrons. The molecule has 1 aliphatic heterocycles. The summed E-state index contributed by atoms with van der Waals surface area (Å²) in [6, 6.07) is 3.89. The van der Waals surface area contributed by atoms with Crippen LogP contribution in [0.1, 0.15) is 24.4 Å². The van der Waals surface area contributed by atoms with Gasteiger partial charge < -0.3 is 13.9 Å². The first-order valence-electron chi connectivity index (χ1n) is 5.88. The first-order chi connectivity index (χ1) is 8.14. The largest absolute Gasteiger partial charge is 0.469 e. The van der Waals surface area contributed by atoms with Crippen LogP contribution in [0.25, 0.3) is 0 Å². The Balaban J connectivity index is 2.01. The Morgan fingerprint density at radius 1 is 1.35 bits per heavy atom. The van der Waals surface area contributed by atoms with Crippen LogP contribution >= 0.6 is 0 Å². The lowest BCUT2D eigenvalue weighted by atomic mass is 9.69. The highest BCUT2D eigenvalue weighted by atomic mass is 16.5. The summed E-state index contributed by atoms with van der Waals surface area (Å²) in [5.41, 5.74) is -0.710. The minimum Gasteiger partial charge on any atom is -0.469 e. The van der Waals surface area contributed by atoms with E-state index in [1.165, 1.54) is 7.11 Å². The van der Waals surface area contributed by atoms with E-state index in [2.05, 4.69) is 0 Å². The normalized spacial score (nSPS) is 23.9. The van der Waals surface area contributed by atoms with E-state index in [1.54, 1.807) is 0 Å². The summed E-state index contributed by atoms with van der Waals surface area (Å²) in [4.78, 5) is 12.0. The van der Waals surface area contributed by atoms with Gasteiger partial charge in [0.1, 0.15) is 11.5 Å². The molecule has 1 saturated heterocycles. The first-order valence-corrected chi connectivity index (χ1v) is 5.88. The zero-order valence-electron chi connectivity index (χ0n) is 10.1. The summed E-state index contributed by atoms with van der Waals surface area (Å²) in [7, 11) is 1.45. The summed E-state index contributed by atoms with van der Waals surface area (Å²) in [6.45, 7) is 3.01. The number of ether oxygens (including phenoxy) is 2.